The molecule has 0 unspecified atom stereocenters. The van der Waals surface area contributed by atoms with E-state index < -0.39 is 23.1 Å². The molecular formula is C28H25F2N7O4. The number of nitrogens with zero attached hydrogens (tertiary/aromatic N) is 4. The maximum Gasteiger partial charge on any atom is 0.251 e. The first-order valence-corrected chi connectivity index (χ1v) is 12.5. The molecule has 0 radical (unpaired) electrons. The van der Waals surface area contributed by atoms with Crippen LogP contribution >= 0.6 is 0 Å². The van der Waals surface area contributed by atoms with Crippen molar-refractivity contribution in [3.8, 4) is 11.5 Å². The first kappa shape index (κ1) is 27.4. The number of anilines is 3. The first-order chi connectivity index (χ1) is 19.8. The number of hydrazone groups is 1. The summed E-state index contributed by atoms with van der Waals surface area (Å²) in [5.74, 6) is -1.03. The molecule has 0 atom stereocenters. The van der Waals surface area contributed by atoms with Crippen LogP contribution in [0, 0.1) is 11.6 Å². The summed E-state index contributed by atoms with van der Waals surface area (Å²) >= 11 is 0. The van der Waals surface area contributed by atoms with Crippen LogP contribution in [0.1, 0.15) is 19.8 Å². The molecule has 13 heteroatoms. The Morgan fingerprint density at radius 1 is 1.20 bits per heavy atom. The molecule has 4 N–H and O–H groups in total. The number of hydrogen-bond donors (Lipinski definition) is 4. The molecule has 2 heterocycles. The number of carbonyl (C=O) groups is 2. The van der Waals surface area contributed by atoms with Crippen LogP contribution in [-0.4, -0.2) is 51.0 Å². The van der Waals surface area contributed by atoms with E-state index in [1.165, 1.54) is 61.8 Å². The summed E-state index contributed by atoms with van der Waals surface area (Å²) in [4.78, 5) is 28.1. The number of ether oxygens (including phenoxy) is 1. The maximum atomic E-state index is 15.0. The number of aromatic nitrogens is 3. The van der Waals surface area contributed by atoms with Gasteiger partial charge >= 0.3 is 0 Å². The molecule has 1 aliphatic carbocycles. The van der Waals surface area contributed by atoms with Crippen LogP contribution in [0.2, 0.25) is 0 Å². The molecule has 1 fully saturated rings. The van der Waals surface area contributed by atoms with Crippen LogP contribution < -0.4 is 20.4 Å². The molecule has 11 nitrogen and oxygen atoms in total. The fraction of sp³-hybridized carbons (Fsp3) is 0.179. The van der Waals surface area contributed by atoms with Gasteiger partial charge in [-0.3, -0.25) is 14.7 Å². The smallest absolute Gasteiger partial charge is 0.251 e. The molecule has 2 aromatic carbocycles. The number of H-pyrrole nitrogens is 1. The van der Waals surface area contributed by atoms with Crippen molar-refractivity contribution in [1.29, 1.82) is 0 Å². The van der Waals surface area contributed by atoms with Crippen molar-refractivity contribution in [1.82, 2.24) is 15.2 Å². The van der Waals surface area contributed by atoms with Crippen molar-refractivity contribution in [3.05, 3.63) is 78.0 Å². The highest BCUT2D eigenvalue weighted by molar-refractivity contribution is 6.05. The van der Waals surface area contributed by atoms with Crippen LogP contribution in [0.5, 0.6) is 11.5 Å². The number of pyridine rings is 1. The number of amides is 2. The zero-order valence-electron chi connectivity index (χ0n) is 21.8. The Hall–Kier alpha value is -5.17. The molecule has 0 saturated heterocycles. The molecule has 1 aliphatic rings. The van der Waals surface area contributed by atoms with Gasteiger partial charge in [-0.15, -0.1) is 0 Å². The van der Waals surface area contributed by atoms with Gasteiger partial charge < -0.3 is 20.5 Å². The minimum Gasteiger partial charge on any atom is -0.453 e. The Balaban J connectivity index is 1.25. The highest BCUT2D eigenvalue weighted by atomic mass is 19.1. The lowest BCUT2D eigenvalue weighted by molar-refractivity contribution is -0.112. The Kier molecular flexibility index (Phi) is 7.70. The van der Waals surface area contributed by atoms with Crippen molar-refractivity contribution in [2.24, 2.45) is 5.10 Å². The van der Waals surface area contributed by atoms with E-state index in [4.69, 9.17) is 4.74 Å². The fourth-order valence-electron chi connectivity index (χ4n) is 3.87. The first-order valence-electron chi connectivity index (χ1n) is 12.5. The number of hydrogen-bond acceptors (Lipinski definition) is 8. The van der Waals surface area contributed by atoms with Crippen molar-refractivity contribution in [3.63, 3.8) is 0 Å². The molecule has 2 amide bonds. The lowest BCUT2D eigenvalue weighted by Gasteiger charge is -2.15. The zero-order valence-corrected chi connectivity index (χ0v) is 21.8. The minimum atomic E-state index is -0.719. The fourth-order valence-corrected chi connectivity index (χ4v) is 3.87. The number of aliphatic hydroxyl groups excluding tert-OH is 1. The van der Waals surface area contributed by atoms with Crippen molar-refractivity contribution < 1.29 is 28.2 Å². The Bertz CT molecular complexity index is 1650. The average molecular weight is 562 g/mol. The van der Waals surface area contributed by atoms with E-state index in [2.05, 4.69) is 30.9 Å². The van der Waals surface area contributed by atoms with Crippen molar-refractivity contribution >= 4 is 46.8 Å². The van der Waals surface area contributed by atoms with E-state index in [9.17, 15) is 19.1 Å². The van der Waals surface area contributed by atoms with Crippen molar-refractivity contribution in [2.75, 3.05) is 22.2 Å². The number of aromatic amines is 1. The predicted molar refractivity (Wildman–Crippen MR) is 149 cm³/mol. The second kappa shape index (κ2) is 11.5. The van der Waals surface area contributed by atoms with E-state index in [0.717, 1.165) is 23.9 Å². The summed E-state index contributed by atoms with van der Waals surface area (Å²) in [5, 5.41) is 27.9. The topological polar surface area (TPSA) is 145 Å². The summed E-state index contributed by atoms with van der Waals surface area (Å²) in [6, 6.07) is 10.7. The number of allylic oxidation sites excluding steroid dienone is 1. The monoisotopic (exact) mass is 561 g/mol. The Morgan fingerprint density at radius 3 is 2.66 bits per heavy atom. The normalized spacial score (nSPS) is 14.2. The van der Waals surface area contributed by atoms with Gasteiger partial charge in [0.15, 0.2) is 23.0 Å². The highest BCUT2D eigenvalue weighted by Crippen LogP contribution is 2.41. The summed E-state index contributed by atoms with van der Waals surface area (Å²) in [7, 11) is 0. The number of rotatable bonds is 11. The quantitative estimate of drug-likeness (QED) is 0.0913. The van der Waals surface area contributed by atoms with E-state index in [-0.39, 0.29) is 23.6 Å². The summed E-state index contributed by atoms with van der Waals surface area (Å²) in [5.41, 5.74) is 0.762. The number of halogens is 2. The molecule has 5 rings (SSSR count). The Labute approximate surface area is 232 Å². The number of nitrogens with one attached hydrogen (secondary N) is 3. The second-order valence-electron chi connectivity index (χ2n) is 9.41. The largest absolute Gasteiger partial charge is 0.453 e. The lowest BCUT2D eigenvalue weighted by Crippen LogP contribution is -2.25. The molecule has 210 valence electrons. The third-order valence-electron chi connectivity index (χ3n) is 6.44. The third kappa shape index (κ3) is 6.20. The minimum absolute atomic E-state index is 0.0474. The Morgan fingerprint density at radius 2 is 1.98 bits per heavy atom. The lowest BCUT2D eigenvalue weighted by atomic mass is 10.2. The standard InChI is InChI=1S/C28H25F2N7O4/c1-17(8-13-32-37(16-39)20-5-2-18(29)3-6-20)27(40)33-19-4-7-22(21(30)14-19)41-23-9-12-31-25-24(23)26(36-35-25)34-28(15-38)10-11-28/h2-9,12-14,16,38H,10-11,15H2,1H3,(H,33,40)(H2,31,34,35,36)/b17-8+,32-13-. The number of benzene rings is 2. The van der Waals surface area contributed by atoms with Crippen LogP contribution in [-0.2, 0) is 9.59 Å². The summed E-state index contributed by atoms with van der Waals surface area (Å²) in [6.45, 7) is 1.47. The van der Waals surface area contributed by atoms with Crippen LogP contribution in [0.15, 0.2) is 71.5 Å². The third-order valence-corrected chi connectivity index (χ3v) is 6.44. The van der Waals surface area contributed by atoms with Gasteiger partial charge in [0.25, 0.3) is 5.91 Å². The molecule has 0 bridgehead atoms. The number of aliphatic hydroxyl groups is 1. The van der Waals surface area contributed by atoms with Gasteiger partial charge in [-0.2, -0.15) is 10.2 Å². The molecule has 0 spiro atoms. The second-order valence-corrected chi connectivity index (χ2v) is 9.41. The highest BCUT2D eigenvalue weighted by Gasteiger charge is 2.43. The average Bonchev–Trinajstić information content (AvgIpc) is 3.63. The summed E-state index contributed by atoms with van der Waals surface area (Å²) in [6.07, 6.45) is 6.15. The van der Waals surface area contributed by atoms with Gasteiger partial charge in [-0.05, 0) is 62.2 Å². The van der Waals surface area contributed by atoms with Gasteiger partial charge in [0.05, 0.1) is 17.8 Å². The van der Waals surface area contributed by atoms with E-state index in [1.807, 2.05) is 0 Å². The maximum absolute atomic E-state index is 15.0. The molecule has 1 saturated carbocycles. The van der Waals surface area contributed by atoms with Gasteiger partial charge in [0, 0.05) is 35.8 Å². The van der Waals surface area contributed by atoms with Gasteiger partial charge in [0.2, 0.25) is 6.41 Å². The van der Waals surface area contributed by atoms with Gasteiger partial charge in [-0.1, -0.05) is 0 Å². The SMILES string of the molecule is C/C(=C\C=N/N(C=O)c1ccc(F)cc1)C(=O)Nc1ccc(Oc2ccnc3[nH]nc(NC4(CO)CC4)c23)c(F)c1. The molecule has 4 aromatic rings. The zero-order chi connectivity index (χ0) is 29.0. The summed E-state index contributed by atoms with van der Waals surface area (Å²) < 4.78 is 34.0. The van der Waals surface area contributed by atoms with Gasteiger partial charge in [-0.25, -0.2) is 18.8 Å². The molecular weight excluding hydrogens is 536 g/mol. The number of carbonyl (C=O) groups excluding carboxylic acids is 2. The van der Waals surface area contributed by atoms with E-state index in [1.54, 1.807) is 6.07 Å². The molecule has 41 heavy (non-hydrogen) atoms. The predicted octanol–water partition coefficient (Wildman–Crippen LogP) is 4.50. The van der Waals surface area contributed by atoms with E-state index in [0.29, 0.717) is 34.7 Å². The number of fused-ring (bicyclic) bond motifs is 1. The van der Waals surface area contributed by atoms with E-state index >= 15 is 4.39 Å². The van der Waals surface area contributed by atoms with Gasteiger partial charge in [0.1, 0.15) is 17.0 Å². The molecule has 0 aliphatic heterocycles. The van der Waals surface area contributed by atoms with Crippen LogP contribution in [0.25, 0.3) is 11.0 Å². The van der Waals surface area contributed by atoms with Crippen LogP contribution in [0.3, 0.4) is 0 Å². The molecule has 2 aromatic heterocycles. The van der Waals surface area contributed by atoms with Crippen LogP contribution in [0.4, 0.5) is 26.0 Å². The van der Waals surface area contributed by atoms with Crippen molar-refractivity contribution in [2.45, 2.75) is 25.3 Å².